The number of nitrogens with zero attached hydrogens (tertiary/aromatic N) is 4. The molecule has 0 saturated carbocycles. The van der Waals surface area contributed by atoms with Crippen molar-refractivity contribution in [2.45, 2.75) is 15.2 Å². The van der Waals surface area contributed by atoms with E-state index in [0.717, 1.165) is 33.4 Å². The summed E-state index contributed by atoms with van der Waals surface area (Å²) in [6.07, 6.45) is 0. The first kappa shape index (κ1) is 34.4. The highest BCUT2D eigenvalue weighted by atomic mass is 32.2. The molecule has 4 nitrogen and oxygen atoms in total. The quantitative estimate of drug-likeness (QED) is 0.167. The summed E-state index contributed by atoms with van der Waals surface area (Å²) in [7, 11) is 0. The molecule has 0 atom stereocenters. The van der Waals surface area contributed by atoms with Crippen molar-refractivity contribution in [3.05, 3.63) is 228 Å². The molecule has 1 aliphatic heterocycles. The fourth-order valence-corrected chi connectivity index (χ4v) is 10.9. The lowest BCUT2D eigenvalue weighted by Gasteiger charge is -2.40. The summed E-state index contributed by atoms with van der Waals surface area (Å²) in [6, 6.07) is 68.9. The molecule has 10 aromatic rings. The molecule has 278 valence electrons. The van der Waals surface area contributed by atoms with Gasteiger partial charge in [0, 0.05) is 26.5 Å². The summed E-state index contributed by atoms with van der Waals surface area (Å²) in [5, 5.41) is 4.97. The minimum absolute atomic E-state index is 0.608. The Morgan fingerprint density at radius 3 is 1.35 bits per heavy atom. The first-order chi connectivity index (χ1) is 29.7. The van der Waals surface area contributed by atoms with Crippen LogP contribution in [-0.4, -0.2) is 15.0 Å². The molecular weight excluding hydrogens is 749 g/mol. The van der Waals surface area contributed by atoms with Gasteiger partial charge in [-0.3, -0.25) is 0 Å². The monoisotopic (exact) mass is 780 g/mol. The van der Waals surface area contributed by atoms with Crippen LogP contribution >= 0.6 is 11.8 Å². The maximum atomic E-state index is 7.55. The Morgan fingerprint density at radius 1 is 0.383 bits per heavy atom. The van der Waals surface area contributed by atoms with Crippen LogP contribution in [0.5, 0.6) is 0 Å². The van der Waals surface area contributed by atoms with Crippen molar-refractivity contribution in [3.63, 3.8) is 0 Å². The van der Waals surface area contributed by atoms with Crippen molar-refractivity contribution in [1.82, 2.24) is 15.0 Å². The van der Waals surface area contributed by atoms with E-state index in [-0.39, 0.29) is 0 Å². The van der Waals surface area contributed by atoms with Crippen molar-refractivity contribution in [3.8, 4) is 56.4 Å². The van der Waals surface area contributed by atoms with Gasteiger partial charge in [0.1, 0.15) is 0 Å². The Bertz CT molecular complexity index is 3260. The van der Waals surface area contributed by atoms with Gasteiger partial charge in [-0.2, -0.15) is 0 Å². The zero-order valence-corrected chi connectivity index (χ0v) is 33.0. The fourth-order valence-electron chi connectivity index (χ4n) is 9.44. The highest BCUT2D eigenvalue weighted by Crippen LogP contribution is 2.64. The highest BCUT2D eigenvalue weighted by molar-refractivity contribution is 8.00. The van der Waals surface area contributed by atoms with E-state index in [0.29, 0.717) is 23.2 Å². The van der Waals surface area contributed by atoms with E-state index in [1.807, 2.05) is 84.6 Å². The Labute approximate surface area is 351 Å². The molecule has 0 radical (unpaired) electrons. The van der Waals surface area contributed by atoms with E-state index in [2.05, 4.69) is 126 Å². The van der Waals surface area contributed by atoms with Gasteiger partial charge in [0.15, 0.2) is 23.2 Å². The lowest BCUT2D eigenvalue weighted by atomic mass is 9.66. The van der Waals surface area contributed by atoms with Crippen molar-refractivity contribution >= 4 is 39.0 Å². The third-order valence-corrected chi connectivity index (χ3v) is 13.5. The van der Waals surface area contributed by atoms with Crippen molar-refractivity contribution in [2.24, 2.45) is 0 Å². The molecule has 0 bridgehead atoms. The highest BCUT2D eigenvalue weighted by Gasteiger charge is 2.51. The summed E-state index contributed by atoms with van der Waals surface area (Å²) in [4.78, 5) is 21.5. The minimum atomic E-state index is -0.608. The van der Waals surface area contributed by atoms with Crippen LogP contribution in [0.25, 0.3) is 82.8 Å². The number of rotatable bonds is 4. The molecule has 0 amide bonds. The third-order valence-electron chi connectivity index (χ3n) is 12.2. The van der Waals surface area contributed by atoms with Gasteiger partial charge in [-0.25, -0.2) is 19.8 Å². The van der Waals surface area contributed by atoms with E-state index in [9.17, 15) is 0 Å². The number of aromatic nitrogens is 3. The molecule has 1 aliphatic carbocycles. The maximum absolute atomic E-state index is 7.55. The molecule has 60 heavy (non-hydrogen) atoms. The topological polar surface area (TPSA) is 43.0 Å². The van der Waals surface area contributed by atoms with Crippen molar-refractivity contribution < 1.29 is 0 Å². The first-order valence-corrected chi connectivity index (χ1v) is 20.9. The predicted octanol–water partition coefficient (Wildman–Crippen LogP) is 14.2. The SMILES string of the molecule is [C-]#[N+]c1ccc(-c2ccc3c(c2)-c2cc(-c4nc(-c5ccccc5)nc(-c5ccccc5)n4)ccc2C32c3ccc4ccccc4c3Sc3c2ccc2ccccc32)cc1. The van der Waals surface area contributed by atoms with E-state index < -0.39 is 5.41 Å². The molecular formula is C55H32N4S. The van der Waals surface area contributed by atoms with E-state index in [1.165, 1.54) is 59.2 Å². The van der Waals surface area contributed by atoms with Crippen LogP contribution in [-0.2, 0) is 5.41 Å². The molecule has 1 spiro atoms. The smallest absolute Gasteiger partial charge is 0.187 e. The van der Waals surface area contributed by atoms with E-state index in [1.54, 1.807) is 0 Å². The molecule has 0 unspecified atom stereocenters. The van der Waals surface area contributed by atoms with Gasteiger partial charge in [0.25, 0.3) is 0 Å². The van der Waals surface area contributed by atoms with Crippen LogP contribution in [0, 0.1) is 6.57 Å². The fraction of sp³-hybridized carbons (Fsp3) is 0.0182. The predicted molar refractivity (Wildman–Crippen MR) is 244 cm³/mol. The van der Waals surface area contributed by atoms with Gasteiger partial charge in [-0.1, -0.05) is 194 Å². The second kappa shape index (κ2) is 13.5. The average Bonchev–Trinajstić information content (AvgIpc) is 3.61. The molecule has 0 saturated heterocycles. The Kier molecular flexibility index (Phi) is 7.72. The summed E-state index contributed by atoms with van der Waals surface area (Å²) in [5.74, 6) is 1.89. The molecule has 5 heteroatoms. The van der Waals surface area contributed by atoms with Crippen molar-refractivity contribution in [2.75, 3.05) is 0 Å². The lowest BCUT2D eigenvalue weighted by molar-refractivity contribution is 0.729. The van der Waals surface area contributed by atoms with E-state index >= 15 is 0 Å². The van der Waals surface area contributed by atoms with E-state index in [4.69, 9.17) is 21.5 Å². The van der Waals surface area contributed by atoms with Gasteiger partial charge >= 0.3 is 0 Å². The number of hydrogen-bond donors (Lipinski definition) is 0. The number of benzene rings is 9. The zero-order valence-electron chi connectivity index (χ0n) is 32.2. The Balaban J connectivity index is 1.16. The third kappa shape index (κ3) is 5.15. The van der Waals surface area contributed by atoms with Crippen LogP contribution in [0.15, 0.2) is 204 Å². The van der Waals surface area contributed by atoms with Gasteiger partial charge in [0.2, 0.25) is 0 Å². The van der Waals surface area contributed by atoms with Crippen LogP contribution < -0.4 is 0 Å². The molecule has 1 aromatic heterocycles. The first-order valence-electron chi connectivity index (χ1n) is 20.0. The molecule has 0 N–H and O–H groups in total. The maximum Gasteiger partial charge on any atom is 0.187 e. The number of fused-ring (bicyclic) bond motifs is 13. The molecule has 12 rings (SSSR count). The standard InChI is InChI=1S/C55H32N4S/c1-56-41-26-20-34(21-27-41)39-24-28-46-44(32-39)45-33-40(54-58-52(37-14-4-2-5-15-37)57-53(59-54)38-16-6-3-7-17-38)25-29-47(45)55(46)48-30-22-35-12-8-10-18-42(35)50(48)60-51-43-19-11-9-13-36(43)23-31-49(51)55/h2-33H. The minimum Gasteiger partial charge on any atom is -0.238 e. The molecule has 9 aromatic carbocycles. The van der Waals surface area contributed by atoms with Crippen LogP contribution in [0.2, 0.25) is 0 Å². The second-order valence-electron chi connectivity index (χ2n) is 15.4. The van der Waals surface area contributed by atoms with Crippen LogP contribution in [0.3, 0.4) is 0 Å². The Hall–Kier alpha value is -7.65. The second-order valence-corrected chi connectivity index (χ2v) is 16.4. The van der Waals surface area contributed by atoms with Gasteiger partial charge in [-0.15, -0.1) is 0 Å². The molecule has 2 aliphatic rings. The summed E-state index contributed by atoms with van der Waals surface area (Å²) in [5.41, 5.74) is 12.3. The summed E-state index contributed by atoms with van der Waals surface area (Å²) >= 11 is 1.90. The average molecular weight is 781 g/mol. The zero-order chi connectivity index (χ0) is 39.8. The van der Waals surface area contributed by atoms with Crippen molar-refractivity contribution in [1.29, 1.82) is 0 Å². The Morgan fingerprint density at radius 2 is 0.817 bits per heavy atom. The van der Waals surface area contributed by atoms with Crippen LogP contribution in [0.4, 0.5) is 5.69 Å². The lowest BCUT2D eigenvalue weighted by Crippen LogP contribution is -2.32. The summed E-state index contributed by atoms with van der Waals surface area (Å²) in [6.45, 7) is 7.55. The summed E-state index contributed by atoms with van der Waals surface area (Å²) < 4.78 is 0. The van der Waals surface area contributed by atoms with Crippen LogP contribution in [0.1, 0.15) is 22.3 Å². The molecule has 2 heterocycles. The number of hydrogen-bond acceptors (Lipinski definition) is 4. The van der Waals surface area contributed by atoms with Gasteiger partial charge in [0.05, 0.1) is 12.0 Å². The normalized spacial score (nSPS) is 13.1. The van der Waals surface area contributed by atoms with Gasteiger partial charge in [-0.05, 0) is 78.2 Å². The molecule has 0 fully saturated rings. The largest absolute Gasteiger partial charge is 0.238 e. The van der Waals surface area contributed by atoms with Gasteiger partial charge < -0.3 is 0 Å².